The smallest absolute Gasteiger partial charge is 0.416 e. The number of rotatable bonds is 2. The van der Waals surface area contributed by atoms with E-state index in [4.69, 9.17) is 9.47 Å². The van der Waals surface area contributed by atoms with Gasteiger partial charge in [-0.3, -0.25) is 4.90 Å². The molecule has 5 nitrogen and oxygen atoms in total. The number of anilines is 1. The van der Waals surface area contributed by atoms with Crippen molar-refractivity contribution in [2.24, 2.45) is 0 Å². The minimum Gasteiger partial charge on any atom is -0.467 e. The number of carbonyl (C=O) groups excluding carboxylic acids is 2. The van der Waals surface area contributed by atoms with Crippen molar-refractivity contribution in [1.82, 2.24) is 0 Å². The predicted molar refractivity (Wildman–Crippen MR) is 99.0 cm³/mol. The molecule has 0 aliphatic carbocycles. The molecule has 2 aromatic rings. The molecule has 0 N–H and O–H groups in total. The molecule has 1 atom stereocenters. The van der Waals surface area contributed by atoms with E-state index in [1.807, 2.05) is 54.6 Å². The molecule has 1 unspecified atom stereocenters. The van der Waals surface area contributed by atoms with E-state index in [9.17, 15) is 9.59 Å². The van der Waals surface area contributed by atoms with Crippen molar-refractivity contribution in [2.75, 3.05) is 12.0 Å². The first-order valence-corrected chi connectivity index (χ1v) is 8.54. The van der Waals surface area contributed by atoms with E-state index in [0.717, 1.165) is 5.56 Å². The largest absolute Gasteiger partial charge is 0.467 e. The lowest BCUT2D eigenvalue weighted by molar-refractivity contribution is -0.147. The summed E-state index contributed by atoms with van der Waals surface area (Å²) in [7, 11) is 1.34. The van der Waals surface area contributed by atoms with Gasteiger partial charge < -0.3 is 9.47 Å². The number of para-hydroxylation sites is 1. The fourth-order valence-corrected chi connectivity index (χ4v) is 3.40. The summed E-state index contributed by atoms with van der Waals surface area (Å²) in [4.78, 5) is 27.6. The van der Waals surface area contributed by atoms with Crippen LogP contribution in [0.25, 0.3) is 0 Å². The van der Waals surface area contributed by atoms with Gasteiger partial charge in [-0.1, -0.05) is 48.5 Å². The Labute approximate surface area is 153 Å². The third kappa shape index (κ3) is 2.94. The van der Waals surface area contributed by atoms with Gasteiger partial charge >= 0.3 is 12.1 Å². The summed E-state index contributed by atoms with van der Waals surface area (Å²) in [6.07, 6.45) is -0.240. The third-order valence-corrected chi connectivity index (χ3v) is 4.41. The Hall–Kier alpha value is -2.82. The van der Waals surface area contributed by atoms with Crippen molar-refractivity contribution in [3.8, 4) is 0 Å². The van der Waals surface area contributed by atoms with Crippen LogP contribution in [0, 0.1) is 0 Å². The van der Waals surface area contributed by atoms with E-state index in [0.29, 0.717) is 17.7 Å². The Morgan fingerprint density at radius 3 is 2.23 bits per heavy atom. The summed E-state index contributed by atoms with van der Waals surface area (Å²) in [5.74, 6) is -0.495. The van der Waals surface area contributed by atoms with Crippen molar-refractivity contribution in [1.29, 1.82) is 0 Å². The number of fused-ring (bicyclic) bond motifs is 1. The van der Waals surface area contributed by atoms with Gasteiger partial charge in [0.1, 0.15) is 5.60 Å². The Balaban J connectivity index is 2.22. The number of hydrogen-bond donors (Lipinski definition) is 0. The van der Waals surface area contributed by atoms with Crippen LogP contribution in [0.15, 0.2) is 54.6 Å². The average Bonchev–Trinajstić information content (AvgIpc) is 2.96. The number of nitrogens with zero attached hydrogens (tertiary/aromatic N) is 1. The van der Waals surface area contributed by atoms with Crippen molar-refractivity contribution < 1.29 is 19.1 Å². The molecule has 3 rings (SSSR count). The lowest BCUT2D eigenvalue weighted by Crippen LogP contribution is -2.55. The number of benzene rings is 2. The lowest BCUT2D eigenvalue weighted by atomic mass is 9.86. The molecule has 0 fully saturated rings. The van der Waals surface area contributed by atoms with Crippen molar-refractivity contribution in [2.45, 2.75) is 38.3 Å². The van der Waals surface area contributed by atoms with E-state index in [1.54, 1.807) is 20.8 Å². The first-order valence-electron chi connectivity index (χ1n) is 8.54. The highest BCUT2D eigenvalue weighted by atomic mass is 16.6. The van der Waals surface area contributed by atoms with Gasteiger partial charge in [0.2, 0.25) is 0 Å². The van der Waals surface area contributed by atoms with E-state index in [-0.39, 0.29) is 0 Å². The molecule has 26 heavy (non-hydrogen) atoms. The zero-order valence-electron chi connectivity index (χ0n) is 15.5. The molecule has 136 valence electrons. The summed E-state index contributed by atoms with van der Waals surface area (Å²) in [5, 5.41) is 0. The van der Waals surface area contributed by atoms with Crippen LogP contribution in [0.5, 0.6) is 0 Å². The molecule has 0 aromatic heterocycles. The van der Waals surface area contributed by atoms with Crippen LogP contribution in [0.1, 0.15) is 31.9 Å². The second kappa shape index (κ2) is 6.48. The second-order valence-corrected chi connectivity index (χ2v) is 7.34. The average molecular weight is 353 g/mol. The highest BCUT2D eigenvalue weighted by Gasteiger charge is 2.55. The quantitative estimate of drug-likeness (QED) is 0.764. The number of carbonyl (C=O) groups is 2. The number of methoxy groups -OCH3 is 1. The fraction of sp³-hybridized carbons (Fsp3) is 0.333. The van der Waals surface area contributed by atoms with Gasteiger partial charge in [0.25, 0.3) is 0 Å². The van der Waals surface area contributed by atoms with Crippen LogP contribution in [0.3, 0.4) is 0 Å². The maximum atomic E-state index is 13.1. The second-order valence-electron chi connectivity index (χ2n) is 7.34. The van der Waals surface area contributed by atoms with E-state index < -0.39 is 23.2 Å². The molecule has 1 heterocycles. The standard InChI is InChI=1S/C21H23NO4/c1-20(2,3)26-19(24)22-17-13-9-8-10-15(17)14-21(22,18(23)25-4)16-11-6-5-7-12-16/h5-13H,14H2,1-4H3. The third-order valence-electron chi connectivity index (χ3n) is 4.41. The van der Waals surface area contributed by atoms with Gasteiger partial charge in [-0.15, -0.1) is 0 Å². The van der Waals surface area contributed by atoms with Crippen molar-refractivity contribution >= 4 is 17.7 Å². The van der Waals surface area contributed by atoms with E-state index in [1.165, 1.54) is 12.0 Å². The van der Waals surface area contributed by atoms with Gasteiger partial charge in [0, 0.05) is 6.42 Å². The molecule has 1 aliphatic heterocycles. The SMILES string of the molecule is COC(=O)C1(c2ccccc2)Cc2ccccc2N1C(=O)OC(C)(C)C. The van der Waals surface area contributed by atoms with Crippen LogP contribution in [-0.2, 0) is 26.2 Å². The maximum absolute atomic E-state index is 13.1. The fourth-order valence-electron chi connectivity index (χ4n) is 3.40. The minimum atomic E-state index is -1.29. The van der Waals surface area contributed by atoms with Crippen LogP contribution in [-0.4, -0.2) is 24.8 Å². The Bertz CT molecular complexity index is 825. The first-order chi connectivity index (χ1) is 12.3. The van der Waals surface area contributed by atoms with Gasteiger partial charge in [0.05, 0.1) is 12.8 Å². The van der Waals surface area contributed by atoms with Crippen LogP contribution >= 0.6 is 0 Å². The molecule has 0 saturated carbocycles. The highest BCUT2D eigenvalue weighted by molar-refractivity contribution is 6.02. The van der Waals surface area contributed by atoms with Crippen LogP contribution < -0.4 is 4.90 Å². The Morgan fingerprint density at radius 2 is 1.62 bits per heavy atom. The Morgan fingerprint density at radius 1 is 1.00 bits per heavy atom. The first kappa shape index (κ1) is 18.0. The number of esters is 1. The van der Waals surface area contributed by atoms with Crippen molar-refractivity contribution in [3.63, 3.8) is 0 Å². The lowest BCUT2D eigenvalue weighted by Gasteiger charge is -2.37. The normalized spacial score (nSPS) is 19.0. The highest BCUT2D eigenvalue weighted by Crippen LogP contribution is 2.46. The topological polar surface area (TPSA) is 55.8 Å². The zero-order valence-corrected chi connectivity index (χ0v) is 15.5. The van der Waals surface area contributed by atoms with Gasteiger partial charge in [-0.25, -0.2) is 9.59 Å². The van der Waals surface area contributed by atoms with Gasteiger partial charge in [-0.05, 0) is 38.0 Å². The summed E-state index contributed by atoms with van der Waals surface area (Å²) in [6, 6.07) is 16.7. The zero-order chi connectivity index (χ0) is 18.9. The minimum absolute atomic E-state index is 0.332. The predicted octanol–water partition coefficient (Wildman–Crippen LogP) is 4.05. The molecule has 0 bridgehead atoms. The Kier molecular flexibility index (Phi) is 4.48. The summed E-state index contributed by atoms with van der Waals surface area (Å²) in [5.41, 5.74) is 0.271. The number of amides is 1. The number of hydrogen-bond acceptors (Lipinski definition) is 4. The molecular formula is C21H23NO4. The molecular weight excluding hydrogens is 330 g/mol. The monoisotopic (exact) mass is 353 g/mol. The van der Waals surface area contributed by atoms with E-state index in [2.05, 4.69) is 0 Å². The van der Waals surface area contributed by atoms with Crippen molar-refractivity contribution in [3.05, 3.63) is 65.7 Å². The molecule has 0 radical (unpaired) electrons. The summed E-state index contributed by atoms with van der Waals surface area (Å²) >= 11 is 0. The van der Waals surface area contributed by atoms with Crippen LogP contribution in [0.2, 0.25) is 0 Å². The van der Waals surface area contributed by atoms with E-state index >= 15 is 0 Å². The van der Waals surface area contributed by atoms with Gasteiger partial charge in [0.15, 0.2) is 5.54 Å². The maximum Gasteiger partial charge on any atom is 0.416 e. The summed E-state index contributed by atoms with van der Waals surface area (Å²) in [6.45, 7) is 5.40. The molecule has 1 aliphatic rings. The molecule has 0 spiro atoms. The molecule has 5 heteroatoms. The van der Waals surface area contributed by atoms with Crippen LogP contribution in [0.4, 0.5) is 10.5 Å². The molecule has 0 saturated heterocycles. The molecule has 2 aromatic carbocycles. The summed E-state index contributed by atoms with van der Waals surface area (Å²) < 4.78 is 10.8. The van der Waals surface area contributed by atoms with Gasteiger partial charge in [-0.2, -0.15) is 0 Å². The number of ether oxygens (including phenoxy) is 2. The molecule has 1 amide bonds.